The van der Waals surface area contributed by atoms with E-state index < -0.39 is 6.09 Å². The van der Waals surface area contributed by atoms with E-state index in [4.69, 9.17) is 4.74 Å². The highest BCUT2D eigenvalue weighted by Crippen LogP contribution is 2.22. The molecule has 0 fully saturated rings. The Labute approximate surface area is 168 Å². The second kappa shape index (κ2) is 10.1. The normalized spacial score (nSPS) is 11.2. The molecule has 1 amide bonds. The predicted octanol–water partition coefficient (Wildman–Crippen LogP) is 3.64. The smallest absolute Gasteiger partial charge is 0.408 e. The molecule has 2 aromatic rings. The first-order valence-electron chi connectivity index (χ1n) is 9.85. The summed E-state index contributed by atoms with van der Waals surface area (Å²) in [4.78, 5) is 20.2. The number of ether oxygens (including phenoxy) is 1. The molecule has 6 heteroatoms. The number of carbonyl (C=O) groups is 1. The topological polar surface area (TPSA) is 45.7 Å². The van der Waals surface area contributed by atoms with E-state index in [1.807, 2.05) is 18.2 Å². The van der Waals surface area contributed by atoms with Gasteiger partial charge in [-0.3, -0.25) is 4.98 Å². The van der Waals surface area contributed by atoms with Crippen molar-refractivity contribution >= 4 is 11.8 Å². The Morgan fingerprint density at radius 2 is 1.75 bits per heavy atom. The number of pyridine rings is 1. The van der Waals surface area contributed by atoms with E-state index in [1.165, 1.54) is 4.90 Å². The third kappa shape index (κ3) is 5.96. The van der Waals surface area contributed by atoms with Crippen LogP contribution in [0.2, 0.25) is 0 Å². The van der Waals surface area contributed by atoms with E-state index in [0.717, 1.165) is 42.0 Å². The summed E-state index contributed by atoms with van der Waals surface area (Å²) >= 11 is 0. The molecule has 0 saturated heterocycles. The number of amides is 1. The Morgan fingerprint density at radius 3 is 2.36 bits per heavy atom. The van der Waals surface area contributed by atoms with Crippen LogP contribution in [0.3, 0.4) is 0 Å². The largest absolute Gasteiger partial charge is 0.414 e. The van der Waals surface area contributed by atoms with Gasteiger partial charge < -0.3 is 19.0 Å². The zero-order valence-corrected chi connectivity index (χ0v) is 17.8. The van der Waals surface area contributed by atoms with Crippen LogP contribution in [0.25, 0.3) is 0 Å². The van der Waals surface area contributed by atoms with Crippen molar-refractivity contribution in [2.45, 2.75) is 20.4 Å². The van der Waals surface area contributed by atoms with Crippen LogP contribution in [0.5, 0.6) is 5.75 Å². The highest BCUT2D eigenvalue weighted by atomic mass is 16.6. The van der Waals surface area contributed by atoms with E-state index in [1.54, 1.807) is 32.4 Å². The van der Waals surface area contributed by atoms with E-state index in [0.29, 0.717) is 12.3 Å². The molecule has 0 atom stereocenters. The molecule has 6 nitrogen and oxygen atoms in total. The molecule has 0 N–H and O–H groups in total. The van der Waals surface area contributed by atoms with E-state index in [-0.39, 0.29) is 0 Å². The van der Waals surface area contributed by atoms with Crippen molar-refractivity contribution in [2.24, 2.45) is 0 Å². The minimum atomic E-state index is -0.401. The van der Waals surface area contributed by atoms with Gasteiger partial charge in [0.1, 0.15) is 5.69 Å². The van der Waals surface area contributed by atoms with Crippen molar-refractivity contribution in [3.05, 3.63) is 54.4 Å². The van der Waals surface area contributed by atoms with Crippen LogP contribution in [0.4, 0.5) is 10.5 Å². The van der Waals surface area contributed by atoms with Crippen molar-refractivity contribution in [2.75, 3.05) is 52.2 Å². The van der Waals surface area contributed by atoms with Gasteiger partial charge in [-0.15, -0.1) is 0 Å². The molecule has 1 aromatic heterocycles. The molecule has 0 aliphatic carbocycles. The Hall–Kier alpha value is -2.60. The lowest BCUT2D eigenvalue weighted by atomic mass is 10.2. The summed E-state index contributed by atoms with van der Waals surface area (Å²) in [5.41, 5.74) is 1.89. The Bertz CT molecular complexity index is 745. The fourth-order valence-electron chi connectivity index (χ4n) is 2.84. The van der Waals surface area contributed by atoms with Crippen molar-refractivity contribution in [1.29, 1.82) is 0 Å². The molecule has 28 heavy (non-hydrogen) atoms. The molecule has 152 valence electrons. The molecular formula is C22H33N4O2+. The lowest BCUT2D eigenvalue weighted by Gasteiger charge is -2.35. The van der Waals surface area contributed by atoms with Crippen molar-refractivity contribution in [3.63, 3.8) is 0 Å². The van der Waals surface area contributed by atoms with Gasteiger partial charge in [0.2, 0.25) is 0 Å². The quantitative estimate of drug-likeness (QED) is 0.619. The maximum atomic E-state index is 12.0. The number of rotatable bonds is 9. The maximum absolute atomic E-state index is 12.0. The highest BCUT2D eigenvalue weighted by molar-refractivity contribution is 5.70. The average molecular weight is 386 g/mol. The predicted molar refractivity (Wildman–Crippen MR) is 114 cm³/mol. The second-order valence-electron chi connectivity index (χ2n) is 7.44. The number of para-hydroxylation sites is 1. The molecular weight excluding hydrogens is 352 g/mol. The molecule has 0 unspecified atom stereocenters. The van der Waals surface area contributed by atoms with Gasteiger partial charge in [0, 0.05) is 26.0 Å². The average Bonchev–Trinajstić information content (AvgIpc) is 2.72. The lowest BCUT2D eigenvalue weighted by molar-refractivity contribution is -0.904. The van der Waals surface area contributed by atoms with Crippen LogP contribution < -0.4 is 9.64 Å². The standard InChI is InChI=1S/C22H33N4O2/c1-6-26(5,7-2)17-16-25(19-12-9-8-10-13-19)18-20-21(14-11-15-23-20)28-22(27)24(3)4/h8-15H,6-7,16-18H2,1-5H3/q+1. The van der Waals surface area contributed by atoms with Crippen LogP contribution in [-0.4, -0.2) is 67.8 Å². The summed E-state index contributed by atoms with van der Waals surface area (Å²) in [6.45, 7) is 9.14. The van der Waals surface area contributed by atoms with Crippen LogP contribution in [0, 0.1) is 0 Å². The van der Waals surface area contributed by atoms with Crippen molar-refractivity contribution in [1.82, 2.24) is 9.88 Å². The van der Waals surface area contributed by atoms with Gasteiger partial charge >= 0.3 is 6.09 Å². The first-order chi connectivity index (χ1) is 13.4. The Morgan fingerprint density at radius 1 is 1.07 bits per heavy atom. The van der Waals surface area contributed by atoms with Gasteiger partial charge in [-0.2, -0.15) is 0 Å². The number of aromatic nitrogens is 1. The third-order valence-electron chi connectivity index (χ3n) is 5.31. The Balaban J connectivity index is 2.25. The molecule has 0 saturated carbocycles. The number of anilines is 1. The molecule has 0 aliphatic heterocycles. The number of quaternary nitrogens is 1. The SMILES string of the molecule is CC[N+](C)(CC)CCN(Cc1ncccc1OC(=O)N(C)C)c1ccccc1. The van der Waals surface area contributed by atoms with Gasteiger partial charge in [-0.1, -0.05) is 18.2 Å². The van der Waals surface area contributed by atoms with Crippen LogP contribution in [0.1, 0.15) is 19.5 Å². The zero-order valence-electron chi connectivity index (χ0n) is 17.8. The zero-order chi connectivity index (χ0) is 20.6. The summed E-state index contributed by atoms with van der Waals surface area (Å²) < 4.78 is 6.53. The van der Waals surface area contributed by atoms with E-state index in [2.05, 4.69) is 42.9 Å². The number of hydrogen-bond acceptors (Lipinski definition) is 4. The van der Waals surface area contributed by atoms with Crippen molar-refractivity contribution in [3.8, 4) is 5.75 Å². The summed E-state index contributed by atoms with van der Waals surface area (Å²) in [5, 5.41) is 0. The number of benzene rings is 1. The number of likely N-dealkylation sites (N-methyl/N-ethyl adjacent to an activating group) is 1. The summed E-state index contributed by atoms with van der Waals surface area (Å²) in [6, 6.07) is 13.9. The van der Waals surface area contributed by atoms with Gasteiger partial charge in [-0.25, -0.2) is 4.79 Å². The minimum Gasteiger partial charge on any atom is -0.408 e. The van der Waals surface area contributed by atoms with Crippen LogP contribution in [-0.2, 0) is 6.54 Å². The monoisotopic (exact) mass is 385 g/mol. The van der Waals surface area contributed by atoms with Crippen LogP contribution in [0.15, 0.2) is 48.7 Å². The molecule has 0 radical (unpaired) electrons. The number of carbonyl (C=O) groups excluding carboxylic acids is 1. The fraction of sp³-hybridized carbons (Fsp3) is 0.455. The lowest BCUT2D eigenvalue weighted by Crippen LogP contribution is -2.48. The molecule has 1 aromatic carbocycles. The second-order valence-corrected chi connectivity index (χ2v) is 7.44. The molecule has 0 aliphatic rings. The highest BCUT2D eigenvalue weighted by Gasteiger charge is 2.20. The maximum Gasteiger partial charge on any atom is 0.414 e. The third-order valence-corrected chi connectivity index (χ3v) is 5.31. The molecule has 0 spiro atoms. The fourth-order valence-corrected chi connectivity index (χ4v) is 2.84. The summed E-state index contributed by atoms with van der Waals surface area (Å²) in [5.74, 6) is 0.505. The van der Waals surface area contributed by atoms with Gasteiger partial charge in [0.25, 0.3) is 0 Å². The first kappa shape index (κ1) is 21.7. The number of hydrogen-bond donors (Lipinski definition) is 0. The van der Waals surface area contributed by atoms with E-state index in [9.17, 15) is 4.79 Å². The Kier molecular flexibility index (Phi) is 7.81. The van der Waals surface area contributed by atoms with E-state index >= 15 is 0 Å². The minimum absolute atomic E-state index is 0.401. The van der Waals surface area contributed by atoms with Gasteiger partial charge in [-0.05, 0) is 38.1 Å². The van der Waals surface area contributed by atoms with Crippen molar-refractivity contribution < 1.29 is 14.0 Å². The molecule has 2 rings (SSSR count). The van der Waals surface area contributed by atoms with Gasteiger partial charge in [0.05, 0.1) is 39.8 Å². The van der Waals surface area contributed by atoms with Gasteiger partial charge in [0.15, 0.2) is 5.75 Å². The summed E-state index contributed by atoms with van der Waals surface area (Å²) in [6.07, 6.45) is 1.34. The summed E-state index contributed by atoms with van der Waals surface area (Å²) in [7, 11) is 5.63. The van der Waals surface area contributed by atoms with Crippen LogP contribution >= 0.6 is 0 Å². The molecule has 0 bridgehead atoms. The number of nitrogens with zero attached hydrogens (tertiary/aromatic N) is 4. The molecule has 1 heterocycles. The first-order valence-corrected chi connectivity index (χ1v) is 9.85.